The van der Waals surface area contributed by atoms with Gasteiger partial charge in [0.1, 0.15) is 5.60 Å². The molecule has 1 heterocycles. The Morgan fingerprint density at radius 2 is 1.79 bits per heavy atom. The van der Waals surface area contributed by atoms with Gasteiger partial charge in [-0.15, -0.1) is 0 Å². The Kier molecular flexibility index (Phi) is 4.40. The standard InChI is InChI=1S/C13H20N2O4/c1-12(2,3)19-11(17)15-7-5-13(9-14,6-8-15)10(16)18-4/h5-8H2,1-4H3. The van der Waals surface area contributed by atoms with Gasteiger partial charge in [-0.05, 0) is 33.6 Å². The summed E-state index contributed by atoms with van der Waals surface area (Å²) in [5, 5.41) is 9.17. The average Bonchev–Trinajstić information content (AvgIpc) is 2.35. The van der Waals surface area contributed by atoms with Crippen LogP contribution in [0.2, 0.25) is 0 Å². The minimum absolute atomic E-state index is 0.273. The fourth-order valence-electron chi connectivity index (χ4n) is 1.95. The lowest BCUT2D eigenvalue weighted by Crippen LogP contribution is -2.47. The first kappa shape index (κ1) is 15.3. The number of hydrogen-bond acceptors (Lipinski definition) is 5. The Morgan fingerprint density at radius 1 is 1.26 bits per heavy atom. The molecule has 0 aromatic carbocycles. The number of hydrogen-bond donors (Lipinski definition) is 0. The van der Waals surface area contributed by atoms with Crippen LogP contribution in [-0.2, 0) is 14.3 Å². The summed E-state index contributed by atoms with van der Waals surface area (Å²) < 4.78 is 9.92. The molecule has 0 aromatic heterocycles. The van der Waals surface area contributed by atoms with Gasteiger partial charge >= 0.3 is 12.1 Å². The molecule has 0 spiro atoms. The maximum atomic E-state index is 11.9. The molecular weight excluding hydrogens is 248 g/mol. The van der Waals surface area contributed by atoms with Crippen LogP contribution in [0.5, 0.6) is 0 Å². The minimum Gasteiger partial charge on any atom is -0.468 e. The van der Waals surface area contributed by atoms with Gasteiger partial charge in [0.25, 0.3) is 0 Å². The Hall–Kier alpha value is -1.77. The fraction of sp³-hybridized carbons (Fsp3) is 0.769. The fourth-order valence-corrected chi connectivity index (χ4v) is 1.95. The summed E-state index contributed by atoms with van der Waals surface area (Å²) in [7, 11) is 1.27. The van der Waals surface area contributed by atoms with Crippen molar-refractivity contribution in [3.05, 3.63) is 0 Å². The van der Waals surface area contributed by atoms with Crippen LogP contribution < -0.4 is 0 Å². The van der Waals surface area contributed by atoms with Gasteiger partial charge in [-0.25, -0.2) is 4.79 Å². The Balaban J connectivity index is 2.65. The van der Waals surface area contributed by atoms with E-state index in [1.54, 1.807) is 20.8 Å². The molecule has 0 aromatic rings. The molecule has 1 amide bonds. The summed E-state index contributed by atoms with van der Waals surface area (Å²) >= 11 is 0. The SMILES string of the molecule is COC(=O)C1(C#N)CCN(C(=O)OC(C)(C)C)CC1. The molecular formula is C13H20N2O4. The van der Waals surface area contributed by atoms with E-state index >= 15 is 0 Å². The van der Waals surface area contributed by atoms with Crippen molar-refractivity contribution in [1.82, 2.24) is 4.90 Å². The van der Waals surface area contributed by atoms with E-state index in [9.17, 15) is 9.59 Å². The first-order valence-corrected chi connectivity index (χ1v) is 6.22. The molecule has 106 valence electrons. The largest absolute Gasteiger partial charge is 0.468 e. The lowest BCUT2D eigenvalue weighted by molar-refractivity contribution is -0.151. The number of methoxy groups -OCH3 is 1. The minimum atomic E-state index is -1.13. The second-order valence-corrected chi connectivity index (χ2v) is 5.65. The van der Waals surface area contributed by atoms with Gasteiger partial charge < -0.3 is 14.4 Å². The molecule has 0 N–H and O–H groups in total. The number of nitriles is 1. The summed E-state index contributed by atoms with van der Waals surface area (Å²) in [6.45, 7) is 6.02. The van der Waals surface area contributed by atoms with Gasteiger partial charge in [0, 0.05) is 13.1 Å². The van der Waals surface area contributed by atoms with Crippen molar-refractivity contribution in [1.29, 1.82) is 5.26 Å². The molecule has 1 aliphatic heterocycles. The van der Waals surface area contributed by atoms with Crippen molar-refractivity contribution in [2.45, 2.75) is 39.2 Å². The quantitative estimate of drug-likeness (QED) is 0.676. The number of amides is 1. The molecule has 19 heavy (non-hydrogen) atoms. The Morgan fingerprint density at radius 3 is 2.16 bits per heavy atom. The number of piperidine rings is 1. The number of rotatable bonds is 1. The first-order valence-electron chi connectivity index (χ1n) is 6.22. The Labute approximate surface area is 113 Å². The zero-order valence-electron chi connectivity index (χ0n) is 11.9. The predicted molar refractivity (Wildman–Crippen MR) is 67.1 cm³/mol. The number of carbonyl (C=O) groups is 2. The number of ether oxygens (including phenoxy) is 2. The van der Waals surface area contributed by atoms with Crippen LogP contribution in [0.25, 0.3) is 0 Å². The second-order valence-electron chi connectivity index (χ2n) is 5.65. The Bertz CT molecular complexity index is 398. The molecule has 1 saturated heterocycles. The van der Waals surface area contributed by atoms with E-state index < -0.39 is 23.1 Å². The number of nitrogens with zero attached hydrogens (tertiary/aromatic N) is 2. The topological polar surface area (TPSA) is 79.6 Å². The van der Waals surface area contributed by atoms with Gasteiger partial charge in [-0.1, -0.05) is 0 Å². The van der Waals surface area contributed by atoms with E-state index in [1.807, 2.05) is 6.07 Å². The van der Waals surface area contributed by atoms with Crippen LogP contribution in [0, 0.1) is 16.7 Å². The zero-order valence-corrected chi connectivity index (χ0v) is 11.9. The van der Waals surface area contributed by atoms with Gasteiger partial charge in [-0.2, -0.15) is 5.26 Å². The third-order valence-corrected chi connectivity index (χ3v) is 3.06. The third-order valence-electron chi connectivity index (χ3n) is 3.06. The molecule has 1 rings (SSSR count). The van der Waals surface area contributed by atoms with E-state index in [-0.39, 0.29) is 12.8 Å². The molecule has 0 bridgehead atoms. The zero-order chi connectivity index (χ0) is 14.7. The molecule has 0 radical (unpaired) electrons. The highest BCUT2D eigenvalue weighted by Crippen LogP contribution is 2.32. The van der Waals surface area contributed by atoms with Crippen LogP contribution in [0.15, 0.2) is 0 Å². The van der Waals surface area contributed by atoms with Crippen LogP contribution in [0.4, 0.5) is 4.79 Å². The van der Waals surface area contributed by atoms with Crippen LogP contribution in [0.1, 0.15) is 33.6 Å². The van der Waals surface area contributed by atoms with Crippen LogP contribution in [-0.4, -0.2) is 42.8 Å². The molecule has 6 heteroatoms. The maximum absolute atomic E-state index is 11.9. The van der Waals surface area contributed by atoms with Crippen molar-refractivity contribution in [2.75, 3.05) is 20.2 Å². The second kappa shape index (κ2) is 5.47. The van der Waals surface area contributed by atoms with Crippen molar-refractivity contribution >= 4 is 12.1 Å². The average molecular weight is 268 g/mol. The van der Waals surface area contributed by atoms with Crippen LogP contribution >= 0.6 is 0 Å². The van der Waals surface area contributed by atoms with E-state index in [0.717, 1.165) is 0 Å². The van der Waals surface area contributed by atoms with Crippen molar-refractivity contribution < 1.29 is 19.1 Å². The lowest BCUT2D eigenvalue weighted by Gasteiger charge is -2.36. The molecule has 6 nitrogen and oxygen atoms in total. The number of likely N-dealkylation sites (tertiary alicyclic amines) is 1. The van der Waals surface area contributed by atoms with Gasteiger partial charge in [-0.3, -0.25) is 4.79 Å². The molecule has 0 unspecified atom stereocenters. The molecule has 1 aliphatic rings. The van der Waals surface area contributed by atoms with Crippen molar-refractivity contribution in [3.8, 4) is 6.07 Å². The van der Waals surface area contributed by atoms with Crippen molar-refractivity contribution in [2.24, 2.45) is 5.41 Å². The van der Waals surface area contributed by atoms with Gasteiger partial charge in [0.15, 0.2) is 5.41 Å². The highest BCUT2D eigenvalue weighted by molar-refractivity contribution is 5.80. The highest BCUT2D eigenvalue weighted by Gasteiger charge is 2.44. The maximum Gasteiger partial charge on any atom is 0.410 e. The van der Waals surface area contributed by atoms with E-state index in [2.05, 4.69) is 4.74 Å². The molecule has 0 aliphatic carbocycles. The lowest BCUT2D eigenvalue weighted by atomic mass is 9.80. The predicted octanol–water partition coefficient (Wildman–Crippen LogP) is 1.70. The van der Waals surface area contributed by atoms with Crippen molar-refractivity contribution in [3.63, 3.8) is 0 Å². The number of esters is 1. The van der Waals surface area contributed by atoms with Gasteiger partial charge in [0.05, 0.1) is 13.2 Å². The summed E-state index contributed by atoms with van der Waals surface area (Å²) in [6, 6.07) is 2.02. The summed E-state index contributed by atoms with van der Waals surface area (Å²) in [4.78, 5) is 25.0. The van der Waals surface area contributed by atoms with Crippen LogP contribution in [0.3, 0.4) is 0 Å². The third kappa shape index (κ3) is 3.60. The monoisotopic (exact) mass is 268 g/mol. The first-order chi connectivity index (χ1) is 8.74. The summed E-state index contributed by atoms with van der Waals surface area (Å²) in [6.07, 6.45) is 0.133. The summed E-state index contributed by atoms with van der Waals surface area (Å²) in [5.41, 5.74) is -1.68. The number of carbonyl (C=O) groups excluding carboxylic acids is 2. The molecule has 1 fully saturated rings. The van der Waals surface area contributed by atoms with E-state index in [4.69, 9.17) is 10.00 Å². The summed E-state index contributed by atoms with van der Waals surface area (Å²) in [5.74, 6) is -0.529. The smallest absolute Gasteiger partial charge is 0.410 e. The highest BCUT2D eigenvalue weighted by atomic mass is 16.6. The van der Waals surface area contributed by atoms with E-state index in [1.165, 1.54) is 12.0 Å². The molecule has 0 saturated carbocycles. The normalized spacial score (nSPS) is 18.4. The van der Waals surface area contributed by atoms with E-state index in [0.29, 0.717) is 13.1 Å². The molecule has 0 atom stereocenters. The van der Waals surface area contributed by atoms with Gasteiger partial charge in [0.2, 0.25) is 0 Å².